The van der Waals surface area contributed by atoms with Gasteiger partial charge in [-0.15, -0.1) is 5.10 Å². The summed E-state index contributed by atoms with van der Waals surface area (Å²) in [6.07, 6.45) is 9.66. The van der Waals surface area contributed by atoms with Crippen molar-refractivity contribution in [2.45, 2.75) is 19.3 Å². The molecule has 1 unspecified atom stereocenters. The van der Waals surface area contributed by atoms with E-state index in [1.54, 1.807) is 7.11 Å². The van der Waals surface area contributed by atoms with Crippen LogP contribution in [0.3, 0.4) is 0 Å². The van der Waals surface area contributed by atoms with Gasteiger partial charge in [0.25, 0.3) is 5.56 Å². The van der Waals surface area contributed by atoms with Crippen LogP contribution in [0.4, 0.5) is 0 Å². The quantitative estimate of drug-likeness (QED) is 0.689. The number of benzene rings is 1. The maximum Gasteiger partial charge on any atom is 0.290 e. The van der Waals surface area contributed by atoms with E-state index in [4.69, 9.17) is 4.74 Å². The highest BCUT2D eigenvalue weighted by Crippen LogP contribution is 2.21. The molecule has 3 aromatic rings. The molecular formula is C18H17N3O2S. The zero-order valence-corrected chi connectivity index (χ0v) is 14.1. The van der Waals surface area contributed by atoms with Gasteiger partial charge in [-0.05, 0) is 49.4 Å². The number of rotatable bonds is 3. The molecule has 0 N–H and O–H groups in total. The summed E-state index contributed by atoms with van der Waals surface area (Å²) in [6.45, 7) is 0. The highest BCUT2D eigenvalue weighted by molar-refractivity contribution is 7.15. The molecule has 2 heterocycles. The van der Waals surface area contributed by atoms with Gasteiger partial charge in [0, 0.05) is 5.56 Å². The Balaban J connectivity index is 1.71. The van der Waals surface area contributed by atoms with Crippen molar-refractivity contribution >= 4 is 22.4 Å². The summed E-state index contributed by atoms with van der Waals surface area (Å²) in [5.74, 6) is 1.78. The molecule has 4 rings (SSSR count). The molecule has 1 aromatic carbocycles. The van der Waals surface area contributed by atoms with Crippen molar-refractivity contribution in [1.29, 1.82) is 0 Å². The van der Waals surface area contributed by atoms with Gasteiger partial charge in [0.05, 0.1) is 11.6 Å². The largest absolute Gasteiger partial charge is 0.497 e. The van der Waals surface area contributed by atoms with E-state index in [0.717, 1.165) is 35.1 Å². The molecular weight excluding hydrogens is 322 g/mol. The van der Waals surface area contributed by atoms with Gasteiger partial charge in [-0.2, -0.15) is 9.50 Å². The van der Waals surface area contributed by atoms with Crippen LogP contribution in [0.25, 0.3) is 22.4 Å². The molecule has 2 aromatic heterocycles. The number of hydrogen-bond donors (Lipinski definition) is 0. The maximum atomic E-state index is 12.5. The summed E-state index contributed by atoms with van der Waals surface area (Å²) in [7, 11) is 1.63. The Morgan fingerprint density at radius 1 is 1.29 bits per heavy atom. The molecule has 24 heavy (non-hydrogen) atoms. The topological polar surface area (TPSA) is 56.5 Å². The summed E-state index contributed by atoms with van der Waals surface area (Å²) in [4.78, 5) is 17.7. The Morgan fingerprint density at radius 3 is 2.79 bits per heavy atom. The van der Waals surface area contributed by atoms with Gasteiger partial charge >= 0.3 is 0 Å². The lowest BCUT2D eigenvalue weighted by molar-refractivity contribution is 0.415. The molecule has 1 aliphatic carbocycles. The molecule has 1 aliphatic rings. The summed E-state index contributed by atoms with van der Waals surface area (Å²) in [6, 6.07) is 7.50. The third kappa shape index (κ3) is 2.73. The Morgan fingerprint density at radius 2 is 2.12 bits per heavy atom. The van der Waals surface area contributed by atoms with Crippen molar-refractivity contribution in [1.82, 2.24) is 14.6 Å². The van der Waals surface area contributed by atoms with Crippen molar-refractivity contribution in [3.8, 4) is 17.1 Å². The standard InChI is InChI=1S/C18H17N3O2S/c1-23-14-9-7-13(8-10-14)16-19-18-21(20-16)17(22)15(24-18)11-12-5-3-2-4-6-12/h2-3,7-12H,4-6H2,1H3. The fourth-order valence-corrected chi connectivity index (χ4v) is 3.87. The lowest BCUT2D eigenvalue weighted by atomic mass is 9.94. The fourth-order valence-electron chi connectivity index (χ4n) is 2.89. The number of nitrogens with zero attached hydrogens (tertiary/aromatic N) is 3. The first-order valence-corrected chi connectivity index (χ1v) is 8.77. The Labute approximate surface area is 142 Å². The molecule has 5 nitrogen and oxygen atoms in total. The van der Waals surface area contributed by atoms with Gasteiger partial charge in [0.2, 0.25) is 4.96 Å². The van der Waals surface area contributed by atoms with Crippen molar-refractivity contribution in [2.24, 2.45) is 5.92 Å². The van der Waals surface area contributed by atoms with Gasteiger partial charge in [-0.25, -0.2) is 0 Å². The molecule has 0 fully saturated rings. The fraction of sp³-hybridized carbons (Fsp3) is 0.278. The van der Waals surface area contributed by atoms with Crippen LogP contribution in [0.1, 0.15) is 19.3 Å². The SMILES string of the molecule is COc1ccc(-c2nc3sc(=CC4CC=CCC4)c(=O)n3n2)cc1. The number of aromatic nitrogens is 3. The van der Waals surface area contributed by atoms with Crippen molar-refractivity contribution in [3.63, 3.8) is 0 Å². The van der Waals surface area contributed by atoms with Gasteiger partial charge in [-0.1, -0.05) is 29.6 Å². The van der Waals surface area contributed by atoms with Gasteiger partial charge in [-0.3, -0.25) is 4.79 Å². The minimum Gasteiger partial charge on any atom is -0.497 e. The second-order valence-electron chi connectivity index (χ2n) is 5.84. The zero-order valence-electron chi connectivity index (χ0n) is 13.3. The number of fused-ring (bicyclic) bond motifs is 1. The summed E-state index contributed by atoms with van der Waals surface area (Å²) < 4.78 is 7.31. The second kappa shape index (κ2) is 6.20. The van der Waals surface area contributed by atoms with Gasteiger partial charge in [0.15, 0.2) is 5.82 Å². The van der Waals surface area contributed by atoms with Crippen LogP contribution in [0.2, 0.25) is 0 Å². The van der Waals surface area contributed by atoms with Crippen LogP contribution in [0, 0.1) is 5.92 Å². The molecule has 0 spiro atoms. The van der Waals surface area contributed by atoms with Crippen molar-refractivity contribution < 1.29 is 4.74 Å². The minimum atomic E-state index is -0.0724. The maximum absolute atomic E-state index is 12.5. The van der Waals surface area contributed by atoms with E-state index in [2.05, 4.69) is 28.3 Å². The van der Waals surface area contributed by atoms with E-state index in [0.29, 0.717) is 16.7 Å². The monoisotopic (exact) mass is 339 g/mol. The molecule has 0 saturated heterocycles. The third-order valence-electron chi connectivity index (χ3n) is 4.23. The minimum absolute atomic E-state index is 0.0724. The summed E-state index contributed by atoms with van der Waals surface area (Å²) >= 11 is 1.41. The van der Waals surface area contributed by atoms with E-state index < -0.39 is 0 Å². The highest BCUT2D eigenvalue weighted by Gasteiger charge is 2.13. The highest BCUT2D eigenvalue weighted by atomic mass is 32.1. The van der Waals surface area contributed by atoms with Crippen LogP contribution in [0.15, 0.2) is 41.2 Å². The average molecular weight is 339 g/mol. The number of ether oxygens (including phenoxy) is 1. The lowest BCUT2D eigenvalue weighted by Crippen LogP contribution is -2.25. The zero-order chi connectivity index (χ0) is 16.5. The molecule has 0 aliphatic heterocycles. The summed E-state index contributed by atoms with van der Waals surface area (Å²) in [5, 5.41) is 4.38. The smallest absolute Gasteiger partial charge is 0.290 e. The van der Waals surface area contributed by atoms with Crippen LogP contribution in [-0.4, -0.2) is 21.7 Å². The normalized spacial score (nSPS) is 18.4. The molecule has 0 bridgehead atoms. The van der Waals surface area contributed by atoms with Crippen LogP contribution >= 0.6 is 11.3 Å². The predicted octanol–water partition coefficient (Wildman–Crippen LogP) is 2.68. The molecule has 0 saturated carbocycles. The number of allylic oxidation sites excluding steroid dienone is 2. The first-order valence-electron chi connectivity index (χ1n) is 7.95. The molecule has 0 radical (unpaired) electrons. The van der Waals surface area contributed by atoms with Crippen LogP contribution in [-0.2, 0) is 0 Å². The van der Waals surface area contributed by atoms with Crippen molar-refractivity contribution in [3.05, 3.63) is 51.3 Å². The van der Waals surface area contributed by atoms with Crippen LogP contribution in [0.5, 0.6) is 5.75 Å². The molecule has 1 atom stereocenters. The molecule has 0 amide bonds. The first-order chi connectivity index (χ1) is 11.7. The predicted molar refractivity (Wildman–Crippen MR) is 95.3 cm³/mol. The van der Waals surface area contributed by atoms with Crippen LogP contribution < -0.4 is 14.8 Å². The summed E-state index contributed by atoms with van der Waals surface area (Å²) in [5.41, 5.74) is 0.797. The van der Waals surface area contributed by atoms with E-state index in [-0.39, 0.29) is 5.56 Å². The third-order valence-corrected chi connectivity index (χ3v) is 5.20. The lowest BCUT2D eigenvalue weighted by Gasteiger charge is -2.11. The number of methoxy groups -OCH3 is 1. The Hall–Kier alpha value is -2.47. The Bertz CT molecular complexity index is 1000. The van der Waals surface area contributed by atoms with Gasteiger partial charge in [0.1, 0.15) is 5.75 Å². The molecule has 122 valence electrons. The average Bonchev–Trinajstić information content (AvgIpc) is 3.16. The van der Waals surface area contributed by atoms with E-state index in [1.807, 2.05) is 24.3 Å². The van der Waals surface area contributed by atoms with E-state index >= 15 is 0 Å². The van der Waals surface area contributed by atoms with Gasteiger partial charge < -0.3 is 4.74 Å². The first kappa shape index (κ1) is 15.1. The Kier molecular flexibility index (Phi) is 3.90. The number of thiazole rings is 1. The molecule has 6 heteroatoms. The van der Waals surface area contributed by atoms with E-state index in [1.165, 1.54) is 15.9 Å². The van der Waals surface area contributed by atoms with Crippen molar-refractivity contribution in [2.75, 3.05) is 7.11 Å². The number of hydrogen-bond acceptors (Lipinski definition) is 5. The second-order valence-corrected chi connectivity index (χ2v) is 6.85. The van der Waals surface area contributed by atoms with E-state index in [9.17, 15) is 4.79 Å².